The number of ether oxygens (including phenoxy) is 3. The molecule has 1 saturated carbocycles. The number of aliphatic carboxylic acids is 1. The summed E-state index contributed by atoms with van der Waals surface area (Å²) in [7, 11) is 2.89. The Kier molecular flexibility index (Phi) is 4.80. The molecule has 0 radical (unpaired) electrons. The van der Waals surface area contributed by atoms with Gasteiger partial charge >= 0.3 is 12.1 Å². The molecule has 2 aliphatic carbocycles. The fraction of sp³-hybridized carbons (Fsp3) is 0.364. The van der Waals surface area contributed by atoms with Crippen molar-refractivity contribution in [2.45, 2.75) is 30.1 Å². The molecule has 4 rings (SSSR count). The molecule has 2 aliphatic rings. The summed E-state index contributed by atoms with van der Waals surface area (Å²) in [5.41, 5.74) is 2.98. The van der Waals surface area contributed by atoms with Gasteiger partial charge in [-0.15, -0.1) is 0 Å². The number of carboxylic acids is 1. The van der Waals surface area contributed by atoms with Crippen molar-refractivity contribution >= 4 is 12.1 Å². The van der Waals surface area contributed by atoms with Gasteiger partial charge in [-0.1, -0.05) is 48.5 Å². The lowest BCUT2D eigenvalue weighted by molar-refractivity contribution is -0.278. The Morgan fingerprint density at radius 2 is 1.52 bits per heavy atom. The molecule has 0 heterocycles. The molecule has 0 saturated heterocycles. The van der Waals surface area contributed by atoms with Crippen LogP contribution < -0.4 is 5.32 Å². The molecule has 152 valence electrons. The lowest BCUT2D eigenvalue weighted by Gasteiger charge is -2.51. The molecule has 0 aromatic heterocycles. The number of rotatable bonds is 6. The second kappa shape index (κ2) is 7.17. The summed E-state index contributed by atoms with van der Waals surface area (Å²) >= 11 is 0. The molecule has 0 unspecified atom stereocenters. The summed E-state index contributed by atoms with van der Waals surface area (Å²) in [5.74, 6) is -2.24. The summed E-state index contributed by atoms with van der Waals surface area (Å²) in [6.45, 7) is 0.120. The predicted molar refractivity (Wildman–Crippen MR) is 105 cm³/mol. The Bertz CT molecular complexity index is 898. The van der Waals surface area contributed by atoms with Crippen molar-refractivity contribution in [3.8, 4) is 11.1 Å². The first kappa shape index (κ1) is 19.4. The Hall–Kier alpha value is -2.90. The summed E-state index contributed by atoms with van der Waals surface area (Å²) < 4.78 is 16.0. The molecule has 7 heteroatoms. The van der Waals surface area contributed by atoms with Crippen molar-refractivity contribution in [2.24, 2.45) is 0 Å². The number of hydrogen-bond donors (Lipinski definition) is 2. The minimum absolute atomic E-state index is 0.00648. The molecule has 1 amide bonds. The Labute approximate surface area is 168 Å². The smallest absolute Gasteiger partial charge is 0.408 e. The molecule has 0 atom stereocenters. The van der Waals surface area contributed by atoms with Gasteiger partial charge in [0.1, 0.15) is 6.61 Å². The second-order valence-corrected chi connectivity index (χ2v) is 7.51. The average molecular weight is 397 g/mol. The lowest BCUT2D eigenvalue weighted by atomic mass is 9.71. The minimum atomic E-state index is -1.46. The highest BCUT2D eigenvalue weighted by Gasteiger charge is 2.62. The van der Waals surface area contributed by atoms with Crippen LogP contribution in [0.25, 0.3) is 11.1 Å². The van der Waals surface area contributed by atoms with E-state index in [-0.39, 0.29) is 25.4 Å². The van der Waals surface area contributed by atoms with E-state index in [1.54, 1.807) is 0 Å². The highest BCUT2D eigenvalue weighted by Crippen LogP contribution is 2.46. The van der Waals surface area contributed by atoms with Crippen LogP contribution >= 0.6 is 0 Å². The van der Waals surface area contributed by atoms with Crippen molar-refractivity contribution in [2.75, 3.05) is 20.8 Å². The van der Waals surface area contributed by atoms with Crippen LogP contribution in [-0.2, 0) is 19.0 Å². The maximum Gasteiger partial charge on any atom is 0.408 e. The van der Waals surface area contributed by atoms with Gasteiger partial charge in [-0.05, 0) is 22.3 Å². The normalized spacial score (nSPS) is 18.3. The molecule has 29 heavy (non-hydrogen) atoms. The van der Waals surface area contributed by atoms with Crippen LogP contribution in [0.3, 0.4) is 0 Å². The van der Waals surface area contributed by atoms with Gasteiger partial charge in [-0.3, -0.25) is 0 Å². The van der Waals surface area contributed by atoms with Gasteiger partial charge in [-0.25, -0.2) is 9.59 Å². The number of hydrogen-bond acceptors (Lipinski definition) is 5. The van der Waals surface area contributed by atoms with Gasteiger partial charge in [-0.2, -0.15) is 0 Å². The molecule has 7 nitrogen and oxygen atoms in total. The third-order valence-corrected chi connectivity index (χ3v) is 5.98. The van der Waals surface area contributed by atoms with Crippen LogP contribution in [0.5, 0.6) is 0 Å². The van der Waals surface area contributed by atoms with E-state index in [2.05, 4.69) is 17.4 Å². The lowest BCUT2D eigenvalue weighted by Crippen LogP contribution is -2.70. The van der Waals surface area contributed by atoms with Crippen molar-refractivity contribution in [1.82, 2.24) is 5.32 Å². The van der Waals surface area contributed by atoms with Crippen LogP contribution in [-0.4, -0.2) is 49.3 Å². The van der Waals surface area contributed by atoms with Crippen LogP contribution in [0.15, 0.2) is 48.5 Å². The Balaban J connectivity index is 1.46. The predicted octanol–water partition coefficient (Wildman–Crippen LogP) is 3.13. The molecule has 0 spiro atoms. The highest BCUT2D eigenvalue weighted by molar-refractivity contribution is 5.86. The molecule has 2 N–H and O–H groups in total. The molecule has 2 aromatic rings. The fourth-order valence-electron chi connectivity index (χ4n) is 4.36. The van der Waals surface area contributed by atoms with E-state index >= 15 is 0 Å². The summed E-state index contributed by atoms with van der Waals surface area (Å²) in [4.78, 5) is 24.2. The van der Waals surface area contributed by atoms with E-state index in [4.69, 9.17) is 14.2 Å². The number of alkyl carbamates (subject to hydrolysis) is 1. The molecular weight excluding hydrogens is 374 g/mol. The molecule has 0 aliphatic heterocycles. The SMILES string of the molecule is COC1(OC)CC(NC(=O)OCC2c3ccccc3-c3ccccc32)(C(=O)O)C1. The van der Waals surface area contributed by atoms with E-state index < -0.39 is 23.4 Å². The zero-order chi connectivity index (χ0) is 20.6. The van der Waals surface area contributed by atoms with Gasteiger partial charge in [0.15, 0.2) is 11.3 Å². The van der Waals surface area contributed by atoms with Crippen molar-refractivity contribution in [3.05, 3.63) is 59.7 Å². The topological polar surface area (TPSA) is 94.1 Å². The summed E-state index contributed by atoms with van der Waals surface area (Å²) in [6.07, 6.45) is -0.756. The van der Waals surface area contributed by atoms with Crippen LogP contribution in [0.4, 0.5) is 4.79 Å². The van der Waals surface area contributed by atoms with Crippen molar-refractivity contribution in [3.63, 3.8) is 0 Å². The third-order valence-electron chi connectivity index (χ3n) is 5.98. The van der Waals surface area contributed by atoms with E-state index in [0.29, 0.717) is 0 Å². The number of carboxylic acid groups (broad SMARTS) is 1. The number of carbonyl (C=O) groups excluding carboxylic acids is 1. The van der Waals surface area contributed by atoms with Crippen molar-refractivity contribution < 1.29 is 28.9 Å². The quantitative estimate of drug-likeness (QED) is 0.728. The maximum atomic E-state index is 12.4. The first-order chi connectivity index (χ1) is 13.9. The number of fused-ring (bicyclic) bond motifs is 3. The molecule has 2 aromatic carbocycles. The molecule has 0 bridgehead atoms. The number of nitrogens with one attached hydrogen (secondary N) is 1. The van der Waals surface area contributed by atoms with Crippen molar-refractivity contribution in [1.29, 1.82) is 0 Å². The summed E-state index contributed by atoms with van der Waals surface area (Å²) in [6, 6.07) is 16.0. The Morgan fingerprint density at radius 3 is 2.00 bits per heavy atom. The average Bonchev–Trinajstić information content (AvgIpc) is 3.02. The van der Waals surface area contributed by atoms with E-state index in [1.807, 2.05) is 36.4 Å². The van der Waals surface area contributed by atoms with Gasteiger partial charge < -0.3 is 24.6 Å². The monoisotopic (exact) mass is 397 g/mol. The minimum Gasteiger partial charge on any atom is -0.479 e. The van der Waals surface area contributed by atoms with Crippen LogP contribution in [0.2, 0.25) is 0 Å². The number of methoxy groups -OCH3 is 2. The van der Waals surface area contributed by atoms with Crippen LogP contribution in [0, 0.1) is 0 Å². The van der Waals surface area contributed by atoms with Crippen LogP contribution in [0.1, 0.15) is 29.9 Å². The van der Waals surface area contributed by atoms with Gasteiger partial charge in [0.05, 0.1) is 0 Å². The third kappa shape index (κ3) is 3.16. The summed E-state index contributed by atoms with van der Waals surface area (Å²) in [5, 5.41) is 12.1. The van der Waals surface area contributed by atoms with Gasteiger partial charge in [0.25, 0.3) is 0 Å². The maximum absolute atomic E-state index is 12.4. The first-order valence-corrected chi connectivity index (χ1v) is 9.40. The zero-order valence-corrected chi connectivity index (χ0v) is 16.3. The Morgan fingerprint density at radius 1 is 1.00 bits per heavy atom. The first-order valence-electron chi connectivity index (χ1n) is 9.40. The second-order valence-electron chi connectivity index (χ2n) is 7.51. The molecular formula is C22H23NO6. The van der Waals surface area contributed by atoms with Gasteiger partial charge in [0.2, 0.25) is 0 Å². The number of carbonyl (C=O) groups is 2. The van der Waals surface area contributed by atoms with E-state index in [1.165, 1.54) is 14.2 Å². The van der Waals surface area contributed by atoms with E-state index in [0.717, 1.165) is 22.3 Å². The largest absolute Gasteiger partial charge is 0.479 e. The zero-order valence-electron chi connectivity index (χ0n) is 16.3. The van der Waals surface area contributed by atoms with Gasteiger partial charge in [0, 0.05) is 33.0 Å². The highest BCUT2D eigenvalue weighted by atomic mass is 16.7. The van der Waals surface area contributed by atoms with E-state index in [9.17, 15) is 14.7 Å². The number of amides is 1. The number of benzene rings is 2. The molecule has 1 fully saturated rings. The fourth-order valence-corrected chi connectivity index (χ4v) is 4.36. The standard InChI is InChI=1S/C22H23NO6/c1-27-22(28-2)12-21(13-22,19(24)25)23-20(26)29-11-18-16-9-5-3-7-14(16)15-8-4-6-10-17(15)18/h3-10,18H,11-13H2,1-2H3,(H,23,26)(H,24,25).